The first-order valence-electron chi connectivity index (χ1n) is 6.24. The van der Waals surface area contributed by atoms with Crippen molar-refractivity contribution in [2.24, 2.45) is 5.73 Å². The molecular formula is C15H21N3O. The van der Waals surface area contributed by atoms with Crippen molar-refractivity contribution in [2.75, 3.05) is 6.54 Å². The maximum atomic E-state index is 11.6. The SMILES string of the molecule is CC(C)(C)NC(=O)NCc1ccc(C#CCN)cc1. The summed E-state index contributed by atoms with van der Waals surface area (Å²) in [6, 6.07) is 7.55. The average molecular weight is 259 g/mol. The summed E-state index contributed by atoms with van der Waals surface area (Å²) in [5.41, 5.74) is 7.03. The first-order valence-corrected chi connectivity index (χ1v) is 6.24. The Balaban J connectivity index is 2.48. The van der Waals surface area contributed by atoms with Crippen molar-refractivity contribution < 1.29 is 4.79 Å². The molecule has 0 aliphatic heterocycles. The maximum Gasteiger partial charge on any atom is 0.315 e. The van der Waals surface area contributed by atoms with Crippen molar-refractivity contribution in [3.63, 3.8) is 0 Å². The van der Waals surface area contributed by atoms with Crippen LogP contribution in [0.2, 0.25) is 0 Å². The molecule has 0 atom stereocenters. The van der Waals surface area contributed by atoms with E-state index in [9.17, 15) is 4.79 Å². The highest BCUT2D eigenvalue weighted by molar-refractivity contribution is 5.74. The number of hydrogen-bond acceptors (Lipinski definition) is 2. The van der Waals surface area contributed by atoms with Crippen LogP contribution in [-0.4, -0.2) is 18.1 Å². The molecular weight excluding hydrogens is 238 g/mol. The number of amides is 2. The van der Waals surface area contributed by atoms with Gasteiger partial charge in [0.25, 0.3) is 0 Å². The van der Waals surface area contributed by atoms with Crippen LogP contribution < -0.4 is 16.4 Å². The van der Waals surface area contributed by atoms with Crippen molar-refractivity contribution in [3.8, 4) is 11.8 Å². The molecule has 4 N–H and O–H groups in total. The van der Waals surface area contributed by atoms with Crippen LogP contribution in [-0.2, 0) is 6.54 Å². The van der Waals surface area contributed by atoms with Crippen LogP contribution in [0, 0.1) is 11.8 Å². The zero-order valence-electron chi connectivity index (χ0n) is 11.7. The first-order chi connectivity index (χ1) is 8.90. The molecule has 1 rings (SSSR count). The van der Waals surface area contributed by atoms with Gasteiger partial charge in [0.1, 0.15) is 0 Å². The highest BCUT2D eigenvalue weighted by Gasteiger charge is 2.12. The van der Waals surface area contributed by atoms with Crippen LogP contribution in [0.15, 0.2) is 24.3 Å². The lowest BCUT2D eigenvalue weighted by molar-refractivity contribution is 0.231. The van der Waals surface area contributed by atoms with Gasteiger partial charge in [-0.05, 0) is 38.5 Å². The molecule has 0 aliphatic rings. The largest absolute Gasteiger partial charge is 0.334 e. The lowest BCUT2D eigenvalue weighted by Crippen LogP contribution is -2.46. The topological polar surface area (TPSA) is 67.2 Å². The zero-order chi connectivity index (χ0) is 14.3. The molecule has 0 fully saturated rings. The van der Waals surface area contributed by atoms with Crippen molar-refractivity contribution in [1.29, 1.82) is 0 Å². The van der Waals surface area contributed by atoms with Gasteiger partial charge in [0.15, 0.2) is 0 Å². The lowest BCUT2D eigenvalue weighted by Gasteiger charge is -2.20. The molecule has 0 saturated heterocycles. The van der Waals surface area contributed by atoms with Crippen LogP contribution >= 0.6 is 0 Å². The number of carbonyl (C=O) groups is 1. The Kier molecular flexibility index (Phi) is 5.40. The van der Waals surface area contributed by atoms with Crippen molar-refractivity contribution >= 4 is 6.03 Å². The molecule has 0 saturated carbocycles. The van der Waals surface area contributed by atoms with Crippen LogP contribution in [0.4, 0.5) is 4.79 Å². The van der Waals surface area contributed by atoms with Crippen LogP contribution in [0.5, 0.6) is 0 Å². The Morgan fingerprint density at radius 1 is 1.26 bits per heavy atom. The van der Waals surface area contributed by atoms with E-state index in [1.807, 2.05) is 45.0 Å². The molecule has 102 valence electrons. The standard InChI is InChI=1S/C15H21N3O/c1-15(2,3)18-14(19)17-11-13-8-6-12(7-9-13)5-4-10-16/h6-9H,10-11,16H2,1-3H3,(H2,17,18,19). The van der Waals surface area contributed by atoms with Gasteiger partial charge in [0.05, 0.1) is 6.54 Å². The van der Waals surface area contributed by atoms with Crippen molar-refractivity contribution in [2.45, 2.75) is 32.9 Å². The number of hydrogen-bond donors (Lipinski definition) is 3. The smallest absolute Gasteiger partial charge is 0.315 e. The minimum Gasteiger partial charge on any atom is -0.334 e. The third-order valence-electron chi connectivity index (χ3n) is 2.23. The van der Waals surface area contributed by atoms with Gasteiger partial charge in [-0.25, -0.2) is 4.79 Å². The van der Waals surface area contributed by atoms with Crippen LogP contribution in [0.1, 0.15) is 31.9 Å². The monoisotopic (exact) mass is 259 g/mol. The predicted octanol–water partition coefficient (Wildman–Crippen LogP) is 1.59. The quantitative estimate of drug-likeness (QED) is 0.706. The molecule has 1 aromatic rings. The number of rotatable bonds is 2. The van der Waals surface area contributed by atoms with Gasteiger partial charge in [-0.1, -0.05) is 24.0 Å². The number of urea groups is 1. The molecule has 0 aromatic heterocycles. The summed E-state index contributed by atoms with van der Waals surface area (Å²) in [4.78, 5) is 11.6. The van der Waals surface area contributed by atoms with Gasteiger partial charge in [0.2, 0.25) is 0 Å². The predicted molar refractivity (Wildman–Crippen MR) is 77.5 cm³/mol. The van der Waals surface area contributed by atoms with E-state index in [1.165, 1.54) is 0 Å². The molecule has 19 heavy (non-hydrogen) atoms. The molecule has 1 aromatic carbocycles. The van der Waals surface area contributed by atoms with E-state index in [2.05, 4.69) is 22.5 Å². The normalized spacial score (nSPS) is 10.3. The molecule has 4 heteroatoms. The van der Waals surface area contributed by atoms with Gasteiger partial charge < -0.3 is 16.4 Å². The Labute approximate surface area is 114 Å². The molecule has 0 bridgehead atoms. The minimum atomic E-state index is -0.230. The van der Waals surface area contributed by atoms with E-state index in [-0.39, 0.29) is 11.6 Å². The third-order valence-corrected chi connectivity index (χ3v) is 2.23. The molecule has 0 aliphatic carbocycles. The summed E-state index contributed by atoms with van der Waals surface area (Å²) >= 11 is 0. The lowest BCUT2D eigenvalue weighted by atomic mass is 10.1. The van der Waals surface area contributed by atoms with Crippen LogP contribution in [0.3, 0.4) is 0 Å². The molecule has 0 radical (unpaired) electrons. The fourth-order valence-corrected chi connectivity index (χ4v) is 1.43. The second kappa shape index (κ2) is 6.81. The van der Waals surface area contributed by atoms with E-state index in [0.29, 0.717) is 13.1 Å². The Morgan fingerprint density at radius 3 is 2.42 bits per heavy atom. The fourth-order valence-electron chi connectivity index (χ4n) is 1.43. The summed E-state index contributed by atoms with van der Waals surface area (Å²) in [5, 5.41) is 5.65. The Bertz CT molecular complexity index is 475. The summed E-state index contributed by atoms with van der Waals surface area (Å²) in [6.45, 7) is 6.68. The summed E-state index contributed by atoms with van der Waals surface area (Å²) < 4.78 is 0. The van der Waals surface area contributed by atoms with Gasteiger partial charge in [0, 0.05) is 17.6 Å². The Morgan fingerprint density at radius 2 is 1.89 bits per heavy atom. The highest BCUT2D eigenvalue weighted by atomic mass is 16.2. The highest BCUT2D eigenvalue weighted by Crippen LogP contribution is 2.03. The summed E-state index contributed by atoms with van der Waals surface area (Å²) in [6.07, 6.45) is 0. The molecule has 0 spiro atoms. The van der Waals surface area contributed by atoms with Crippen molar-refractivity contribution in [1.82, 2.24) is 10.6 Å². The van der Waals surface area contributed by atoms with Crippen LogP contribution in [0.25, 0.3) is 0 Å². The number of benzene rings is 1. The fraction of sp³-hybridized carbons (Fsp3) is 0.400. The second-order valence-electron chi connectivity index (χ2n) is 5.26. The van der Waals surface area contributed by atoms with Gasteiger partial charge in [-0.15, -0.1) is 0 Å². The third kappa shape index (κ3) is 6.49. The molecule has 2 amide bonds. The van der Waals surface area contributed by atoms with E-state index < -0.39 is 0 Å². The average Bonchev–Trinajstić information content (AvgIpc) is 2.33. The summed E-state index contributed by atoms with van der Waals surface area (Å²) in [7, 11) is 0. The number of carbonyl (C=O) groups excluding carboxylic acids is 1. The van der Waals surface area contributed by atoms with E-state index in [0.717, 1.165) is 11.1 Å². The van der Waals surface area contributed by atoms with Gasteiger partial charge in [-0.3, -0.25) is 0 Å². The molecule has 4 nitrogen and oxygen atoms in total. The number of nitrogens with two attached hydrogens (primary N) is 1. The van der Waals surface area contributed by atoms with Gasteiger partial charge in [-0.2, -0.15) is 0 Å². The summed E-state index contributed by atoms with van der Waals surface area (Å²) in [5.74, 6) is 5.75. The van der Waals surface area contributed by atoms with E-state index in [4.69, 9.17) is 5.73 Å². The van der Waals surface area contributed by atoms with E-state index >= 15 is 0 Å². The maximum absolute atomic E-state index is 11.6. The van der Waals surface area contributed by atoms with Crippen molar-refractivity contribution in [3.05, 3.63) is 35.4 Å². The van der Waals surface area contributed by atoms with Gasteiger partial charge >= 0.3 is 6.03 Å². The first kappa shape index (κ1) is 15.1. The van der Waals surface area contributed by atoms with E-state index in [1.54, 1.807) is 0 Å². The zero-order valence-corrected chi connectivity index (χ0v) is 11.7. The molecule has 0 unspecified atom stereocenters. The second-order valence-corrected chi connectivity index (χ2v) is 5.26. The number of nitrogens with one attached hydrogen (secondary N) is 2. The minimum absolute atomic E-state index is 0.167. The Hall–Kier alpha value is -1.99. The molecule has 0 heterocycles.